The summed E-state index contributed by atoms with van der Waals surface area (Å²) in [5.41, 5.74) is 2.97. The van der Waals surface area contributed by atoms with E-state index in [2.05, 4.69) is 30.1 Å². The van der Waals surface area contributed by atoms with Crippen LogP contribution in [0, 0.1) is 6.92 Å². The van der Waals surface area contributed by atoms with E-state index in [9.17, 15) is 4.79 Å². The Bertz CT molecular complexity index is 1060. The van der Waals surface area contributed by atoms with E-state index < -0.39 is 0 Å². The second-order valence-corrected chi connectivity index (χ2v) is 5.81. The van der Waals surface area contributed by atoms with Crippen LogP contribution in [0.1, 0.15) is 5.56 Å². The van der Waals surface area contributed by atoms with Gasteiger partial charge in [-0.05, 0) is 42.1 Å². The van der Waals surface area contributed by atoms with Crippen LogP contribution in [0.25, 0.3) is 27.8 Å². The fourth-order valence-corrected chi connectivity index (χ4v) is 2.91. The van der Waals surface area contributed by atoms with Crippen molar-refractivity contribution in [1.29, 1.82) is 0 Å². The number of nitrogens with zero attached hydrogens (tertiary/aromatic N) is 2. The number of fused-ring (bicyclic) bond motifs is 1. The van der Waals surface area contributed by atoms with Gasteiger partial charge in [-0.15, -0.1) is 0 Å². The number of hydrogen-bond donors (Lipinski definition) is 0. The molecule has 0 spiro atoms. The summed E-state index contributed by atoms with van der Waals surface area (Å²) in [6.07, 6.45) is 1.70. The molecule has 0 radical (unpaired) electrons. The van der Waals surface area contributed by atoms with E-state index >= 15 is 0 Å². The van der Waals surface area contributed by atoms with Crippen LogP contribution in [-0.4, -0.2) is 9.55 Å². The molecule has 3 nitrogen and oxygen atoms in total. The fourth-order valence-electron chi connectivity index (χ4n) is 2.91. The number of pyridine rings is 2. The monoisotopic (exact) mass is 312 g/mol. The highest BCUT2D eigenvalue weighted by Gasteiger charge is 2.13. The molecule has 0 unspecified atom stereocenters. The number of aryl methyl sites for hydroxylation is 1. The summed E-state index contributed by atoms with van der Waals surface area (Å²) in [7, 11) is 0. The van der Waals surface area contributed by atoms with Crippen molar-refractivity contribution in [1.82, 2.24) is 9.55 Å². The van der Waals surface area contributed by atoms with E-state index in [0.29, 0.717) is 11.2 Å². The van der Waals surface area contributed by atoms with Crippen molar-refractivity contribution in [3.05, 3.63) is 94.9 Å². The standard InChI is InChI=1S/C21H16N2O/c1-15-9-11-16(12-10-15)19-14-17-6-2-3-7-18(17)21(24)23(19)20-8-4-5-13-22-20/h2-14H,1H3. The summed E-state index contributed by atoms with van der Waals surface area (Å²) in [4.78, 5) is 17.5. The molecule has 2 aromatic heterocycles. The van der Waals surface area contributed by atoms with E-state index in [4.69, 9.17) is 0 Å². The fraction of sp³-hybridized carbons (Fsp3) is 0.0476. The van der Waals surface area contributed by atoms with Crippen LogP contribution >= 0.6 is 0 Å². The van der Waals surface area contributed by atoms with E-state index in [0.717, 1.165) is 16.6 Å². The van der Waals surface area contributed by atoms with Crippen LogP contribution in [0.4, 0.5) is 0 Å². The molecule has 2 heterocycles. The van der Waals surface area contributed by atoms with E-state index in [1.807, 2.05) is 54.6 Å². The smallest absolute Gasteiger partial charge is 0.264 e. The zero-order valence-electron chi connectivity index (χ0n) is 13.3. The first-order valence-electron chi connectivity index (χ1n) is 7.87. The van der Waals surface area contributed by atoms with Crippen molar-refractivity contribution in [3.8, 4) is 17.1 Å². The Balaban J connectivity index is 2.11. The normalized spacial score (nSPS) is 10.9. The minimum Gasteiger partial charge on any atom is -0.268 e. The first kappa shape index (κ1) is 14.4. The minimum absolute atomic E-state index is 0.0534. The third-order valence-corrected chi connectivity index (χ3v) is 4.15. The molecule has 0 saturated carbocycles. The summed E-state index contributed by atoms with van der Waals surface area (Å²) < 4.78 is 1.69. The number of hydrogen-bond acceptors (Lipinski definition) is 2. The average molecular weight is 312 g/mol. The molecule has 2 aromatic carbocycles. The zero-order chi connectivity index (χ0) is 16.5. The Hall–Kier alpha value is -3.20. The second kappa shape index (κ2) is 5.78. The zero-order valence-corrected chi connectivity index (χ0v) is 13.3. The highest BCUT2D eigenvalue weighted by Crippen LogP contribution is 2.24. The average Bonchev–Trinajstić information content (AvgIpc) is 2.63. The van der Waals surface area contributed by atoms with E-state index in [1.54, 1.807) is 10.8 Å². The summed E-state index contributed by atoms with van der Waals surface area (Å²) in [6, 6.07) is 23.5. The SMILES string of the molecule is Cc1ccc(-c2cc3ccccc3c(=O)n2-c2ccccn2)cc1. The topological polar surface area (TPSA) is 34.9 Å². The molecular formula is C21H16N2O. The second-order valence-electron chi connectivity index (χ2n) is 5.81. The molecule has 0 saturated heterocycles. The quantitative estimate of drug-likeness (QED) is 0.551. The van der Waals surface area contributed by atoms with Gasteiger partial charge in [-0.1, -0.05) is 54.1 Å². The third-order valence-electron chi connectivity index (χ3n) is 4.15. The van der Waals surface area contributed by atoms with Gasteiger partial charge in [0.1, 0.15) is 5.82 Å². The summed E-state index contributed by atoms with van der Waals surface area (Å²) >= 11 is 0. The lowest BCUT2D eigenvalue weighted by Gasteiger charge is -2.14. The third kappa shape index (κ3) is 2.40. The Morgan fingerprint density at radius 1 is 0.875 bits per heavy atom. The maximum atomic E-state index is 13.1. The van der Waals surface area contributed by atoms with E-state index in [-0.39, 0.29) is 5.56 Å². The lowest BCUT2D eigenvalue weighted by molar-refractivity contribution is 0.963. The van der Waals surface area contributed by atoms with Crippen molar-refractivity contribution < 1.29 is 0 Å². The van der Waals surface area contributed by atoms with Gasteiger partial charge in [0.05, 0.1) is 5.69 Å². The largest absolute Gasteiger partial charge is 0.268 e. The van der Waals surface area contributed by atoms with Crippen molar-refractivity contribution >= 4 is 10.8 Å². The molecule has 0 amide bonds. The Kier molecular flexibility index (Phi) is 3.47. The number of rotatable bonds is 2. The van der Waals surface area contributed by atoms with Gasteiger partial charge in [0.15, 0.2) is 0 Å². The molecule has 0 atom stereocenters. The predicted molar refractivity (Wildman–Crippen MR) is 97.5 cm³/mol. The van der Waals surface area contributed by atoms with Gasteiger partial charge in [0.2, 0.25) is 0 Å². The molecule has 0 N–H and O–H groups in total. The highest BCUT2D eigenvalue weighted by molar-refractivity contribution is 5.86. The first-order chi connectivity index (χ1) is 11.7. The van der Waals surface area contributed by atoms with Gasteiger partial charge < -0.3 is 0 Å². The lowest BCUT2D eigenvalue weighted by Crippen LogP contribution is -2.21. The van der Waals surface area contributed by atoms with Gasteiger partial charge in [-0.3, -0.25) is 9.36 Å². The molecule has 0 fully saturated rings. The summed E-state index contributed by atoms with van der Waals surface area (Å²) in [6.45, 7) is 2.05. The highest BCUT2D eigenvalue weighted by atomic mass is 16.1. The number of aromatic nitrogens is 2. The van der Waals surface area contributed by atoms with Gasteiger partial charge in [0, 0.05) is 11.6 Å². The molecule has 4 aromatic rings. The Morgan fingerprint density at radius 2 is 1.62 bits per heavy atom. The Morgan fingerprint density at radius 3 is 2.38 bits per heavy atom. The van der Waals surface area contributed by atoms with Crippen molar-refractivity contribution in [2.75, 3.05) is 0 Å². The van der Waals surface area contributed by atoms with Crippen LogP contribution in [0.2, 0.25) is 0 Å². The van der Waals surface area contributed by atoms with Crippen molar-refractivity contribution in [2.24, 2.45) is 0 Å². The molecule has 24 heavy (non-hydrogen) atoms. The van der Waals surface area contributed by atoms with Gasteiger partial charge >= 0.3 is 0 Å². The molecule has 0 aliphatic heterocycles. The summed E-state index contributed by atoms with van der Waals surface area (Å²) in [5.74, 6) is 0.629. The Labute approximate surface area is 139 Å². The minimum atomic E-state index is -0.0534. The molecule has 0 aliphatic rings. The summed E-state index contributed by atoms with van der Waals surface area (Å²) in [5, 5.41) is 1.63. The van der Waals surface area contributed by atoms with Gasteiger partial charge in [-0.2, -0.15) is 0 Å². The maximum Gasteiger partial charge on any atom is 0.264 e. The molecular weight excluding hydrogens is 296 g/mol. The lowest BCUT2D eigenvalue weighted by atomic mass is 10.1. The van der Waals surface area contributed by atoms with Crippen LogP contribution < -0.4 is 5.56 Å². The molecule has 0 bridgehead atoms. The number of benzene rings is 2. The van der Waals surface area contributed by atoms with Crippen LogP contribution in [0.15, 0.2) is 83.8 Å². The van der Waals surface area contributed by atoms with Gasteiger partial charge in [0.25, 0.3) is 5.56 Å². The van der Waals surface area contributed by atoms with Crippen LogP contribution in [0.5, 0.6) is 0 Å². The van der Waals surface area contributed by atoms with E-state index in [1.165, 1.54) is 5.56 Å². The first-order valence-corrected chi connectivity index (χ1v) is 7.87. The van der Waals surface area contributed by atoms with Gasteiger partial charge in [-0.25, -0.2) is 4.98 Å². The maximum absolute atomic E-state index is 13.1. The van der Waals surface area contributed by atoms with Crippen molar-refractivity contribution in [3.63, 3.8) is 0 Å². The molecule has 4 rings (SSSR count). The van der Waals surface area contributed by atoms with Crippen molar-refractivity contribution in [2.45, 2.75) is 6.92 Å². The molecule has 116 valence electrons. The molecule has 0 aliphatic carbocycles. The predicted octanol–water partition coefficient (Wildman–Crippen LogP) is 4.36. The van der Waals surface area contributed by atoms with Crippen LogP contribution in [-0.2, 0) is 0 Å². The molecule has 3 heteroatoms. The van der Waals surface area contributed by atoms with Crippen LogP contribution in [0.3, 0.4) is 0 Å².